The summed E-state index contributed by atoms with van der Waals surface area (Å²) in [7, 11) is 2.02. The Bertz CT molecular complexity index is 147. The molecule has 1 atom stereocenters. The van der Waals surface area contributed by atoms with E-state index in [4.69, 9.17) is 4.74 Å². The Morgan fingerprint density at radius 1 is 1.27 bits per heavy atom. The molecule has 0 bridgehead atoms. The molecule has 92 valence electrons. The van der Waals surface area contributed by atoms with E-state index in [1.807, 2.05) is 7.05 Å². The summed E-state index contributed by atoms with van der Waals surface area (Å²) >= 11 is 0. The highest BCUT2D eigenvalue weighted by Crippen LogP contribution is 2.24. The average Bonchev–Trinajstić information content (AvgIpc) is 2.17. The van der Waals surface area contributed by atoms with Crippen molar-refractivity contribution in [3.63, 3.8) is 0 Å². The molecule has 0 radical (unpaired) electrons. The highest BCUT2D eigenvalue weighted by atomic mass is 16.5. The van der Waals surface area contributed by atoms with Crippen LogP contribution in [0.1, 0.15) is 47.0 Å². The lowest BCUT2D eigenvalue weighted by molar-refractivity contribution is 0.0899. The van der Waals surface area contributed by atoms with Gasteiger partial charge in [0.2, 0.25) is 0 Å². The van der Waals surface area contributed by atoms with E-state index in [1.54, 1.807) is 0 Å². The van der Waals surface area contributed by atoms with Crippen molar-refractivity contribution < 1.29 is 4.74 Å². The van der Waals surface area contributed by atoms with Crippen LogP contribution in [0.5, 0.6) is 0 Å². The van der Waals surface area contributed by atoms with E-state index in [9.17, 15) is 0 Å². The number of hydrogen-bond acceptors (Lipinski definition) is 2. The molecule has 1 unspecified atom stereocenters. The first-order valence-corrected chi connectivity index (χ1v) is 6.26. The summed E-state index contributed by atoms with van der Waals surface area (Å²) in [6.45, 7) is 12.0. The van der Waals surface area contributed by atoms with Gasteiger partial charge in [-0.15, -0.1) is 0 Å². The van der Waals surface area contributed by atoms with Crippen molar-refractivity contribution in [3.8, 4) is 0 Å². The van der Waals surface area contributed by atoms with Crippen LogP contribution in [0.25, 0.3) is 0 Å². The van der Waals surface area contributed by atoms with Crippen molar-refractivity contribution in [3.05, 3.63) is 0 Å². The molecule has 0 fully saturated rings. The van der Waals surface area contributed by atoms with Gasteiger partial charge in [-0.05, 0) is 37.6 Å². The van der Waals surface area contributed by atoms with E-state index in [-0.39, 0.29) is 0 Å². The number of hydrogen-bond donors (Lipinski definition) is 1. The predicted octanol–water partition coefficient (Wildman–Crippen LogP) is 3.07. The Morgan fingerprint density at radius 3 is 2.40 bits per heavy atom. The second kappa shape index (κ2) is 8.12. The van der Waals surface area contributed by atoms with E-state index < -0.39 is 0 Å². The average molecular weight is 215 g/mol. The summed E-state index contributed by atoms with van der Waals surface area (Å²) in [6.07, 6.45) is 3.54. The zero-order chi connectivity index (χ0) is 11.7. The van der Waals surface area contributed by atoms with Crippen molar-refractivity contribution in [1.29, 1.82) is 0 Å². The molecule has 0 spiro atoms. The van der Waals surface area contributed by atoms with Gasteiger partial charge in [0.15, 0.2) is 0 Å². The maximum atomic E-state index is 5.66. The third-order valence-corrected chi connectivity index (χ3v) is 3.15. The lowest BCUT2D eigenvalue weighted by atomic mass is 9.84. The van der Waals surface area contributed by atoms with Crippen LogP contribution in [0, 0.1) is 11.3 Å². The first-order valence-electron chi connectivity index (χ1n) is 6.26. The Labute approximate surface area is 95.8 Å². The fourth-order valence-electron chi connectivity index (χ4n) is 1.56. The van der Waals surface area contributed by atoms with Gasteiger partial charge in [-0.1, -0.05) is 27.7 Å². The molecule has 0 saturated carbocycles. The predicted molar refractivity (Wildman–Crippen MR) is 67.2 cm³/mol. The molecule has 0 saturated heterocycles. The Hall–Kier alpha value is -0.0800. The highest BCUT2D eigenvalue weighted by molar-refractivity contribution is 4.74. The smallest absolute Gasteiger partial charge is 0.0471 e. The van der Waals surface area contributed by atoms with E-state index in [0.717, 1.165) is 32.1 Å². The van der Waals surface area contributed by atoms with Gasteiger partial charge in [-0.2, -0.15) is 0 Å². The molecule has 0 aromatic heterocycles. The lowest BCUT2D eigenvalue weighted by Gasteiger charge is -2.27. The molecule has 2 heteroatoms. The van der Waals surface area contributed by atoms with Crippen LogP contribution >= 0.6 is 0 Å². The Balaban J connectivity index is 3.54. The molecule has 0 aliphatic carbocycles. The van der Waals surface area contributed by atoms with Crippen LogP contribution in [0.2, 0.25) is 0 Å². The van der Waals surface area contributed by atoms with Gasteiger partial charge < -0.3 is 10.1 Å². The van der Waals surface area contributed by atoms with Gasteiger partial charge in [0.05, 0.1) is 0 Å². The second-order valence-electron chi connectivity index (χ2n) is 5.24. The molecule has 1 N–H and O–H groups in total. The van der Waals surface area contributed by atoms with Gasteiger partial charge in [0, 0.05) is 19.8 Å². The zero-order valence-electron chi connectivity index (χ0n) is 11.2. The van der Waals surface area contributed by atoms with Gasteiger partial charge in [-0.3, -0.25) is 0 Å². The minimum absolute atomic E-state index is 0.395. The largest absolute Gasteiger partial charge is 0.381 e. The lowest BCUT2D eigenvalue weighted by Crippen LogP contribution is -2.30. The Morgan fingerprint density at radius 2 is 1.93 bits per heavy atom. The SMILES string of the molecule is CCC(C)(CCOCCC(C)C)CNC. The summed E-state index contributed by atoms with van der Waals surface area (Å²) in [5.41, 5.74) is 0.395. The quantitative estimate of drug-likeness (QED) is 0.597. The summed E-state index contributed by atoms with van der Waals surface area (Å²) in [4.78, 5) is 0. The van der Waals surface area contributed by atoms with E-state index in [2.05, 4.69) is 33.0 Å². The van der Waals surface area contributed by atoms with Crippen molar-refractivity contribution in [1.82, 2.24) is 5.32 Å². The molecule has 0 rings (SSSR count). The fraction of sp³-hybridized carbons (Fsp3) is 1.00. The third-order valence-electron chi connectivity index (χ3n) is 3.15. The van der Waals surface area contributed by atoms with E-state index >= 15 is 0 Å². The molecule has 0 aliphatic heterocycles. The van der Waals surface area contributed by atoms with Crippen molar-refractivity contribution in [2.24, 2.45) is 11.3 Å². The maximum absolute atomic E-state index is 5.66. The minimum atomic E-state index is 0.395. The molecule has 0 aromatic rings. The van der Waals surface area contributed by atoms with Gasteiger partial charge in [-0.25, -0.2) is 0 Å². The molecule has 2 nitrogen and oxygen atoms in total. The summed E-state index contributed by atoms with van der Waals surface area (Å²) in [6, 6.07) is 0. The van der Waals surface area contributed by atoms with Crippen LogP contribution in [0.15, 0.2) is 0 Å². The molecular weight excluding hydrogens is 186 g/mol. The molecule has 0 amide bonds. The first-order chi connectivity index (χ1) is 7.04. The Kier molecular flexibility index (Phi) is 8.07. The van der Waals surface area contributed by atoms with E-state index in [1.165, 1.54) is 12.8 Å². The highest BCUT2D eigenvalue weighted by Gasteiger charge is 2.20. The summed E-state index contributed by atoms with van der Waals surface area (Å²) < 4.78 is 5.66. The van der Waals surface area contributed by atoms with Gasteiger partial charge >= 0.3 is 0 Å². The van der Waals surface area contributed by atoms with E-state index in [0.29, 0.717) is 5.41 Å². The zero-order valence-corrected chi connectivity index (χ0v) is 11.2. The van der Waals surface area contributed by atoms with Crippen LogP contribution in [-0.4, -0.2) is 26.8 Å². The number of ether oxygens (including phenoxy) is 1. The normalized spacial score (nSPS) is 15.6. The molecule has 0 aromatic carbocycles. The van der Waals surface area contributed by atoms with Gasteiger partial charge in [0.25, 0.3) is 0 Å². The summed E-state index contributed by atoms with van der Waals surface area (Å²) in [5, 5.41) is 3.26. The molecule has 0 heterocycles. The minimum Gasteiger partial charge on any atom is -0.381 e. The molecule has 0 aliphatic rings. The summed E-state index contributed by atoms with van der Waals surface area (Å²) in [5.74, 6) is 0.750. The first kappa shape index (κ1) is 14.9. The molecule has 15 heavy (non-hydrogen) atoms. The van der Waals surface area contributed by atoms with Crippen LogP contribution < -0.4 is 5.32 Å². The molecular formula is C13H29NO. The van der Waals surface area contributed by atoms with Crippen molar-refractivity contribution in [2.45, 2.75) is 47.0 Å². The monoisotopic (exact) mass is 215 g/mol. The van der Waals surface area contributed by atoms with Crippen molar-refractivity contribution >= 4 is 0 Å². The number of nitrogens with one attached hydrogen (secondary N) is 1. The third kappa shape index (κ3) is 7.80. The van der Waals surface area contributed by atoms with Crippen LogP contribution in [-0.2, 0) is 4.74 Å². The fourth-order valence-corrected chi connectivity index (χ4v) is 1.56. The van der Waals surface area contributed by atoms with Gasteiger partial charge in [0.1, 0.15) is 0 Å². The maximum Gasteiger partial charge on any atom is 0.0471 e. The van der Waals surface area contributed by atoms with Crippen LogP contribution in [0.3, 0.4) is 0 Å². The van der Waals surface area contributed by atoms with Crippen LogP contribution in [0.4, 0.5) is 0 Å². The second-order valence-corrected chi connectivity index (χ2v) is 5.24. The topological polar surface area (TPSA) is 21.3 Å². The van der Waals surface area contributed by atoms with Crippen molar-refractivity contribution in [2.75, 3.05) is 26.8 Å². The standard InChI is InChI=1S/C13H29NO/c1-6-13(4,11-14-5)8-10-15-9-7-12(2)3/h12,14H,6-11H2,1-5H3. The number of rotatable bonds is 9.